The maximum atomic E-state index is 8.97. The van der Waals surface area contributed by atoms with Gasteiger partial charge in [0.15, 0.2) is 0 Å². The van der Waals surface area contributed by atoms with Gasteiger partial charge in [-0.15, -0.1) is 0 Å². The van der Waals surface area contributed by atoms with E-state index in [1.54, 1.807) is 11.3 Å². The number of thiophene rings is 1. The molecular weight excluding hydrogens is 288 g/mol. The highest BCUT2D eigenvalue weighted by Crippen LogP contribution is 2.27. The van der Waals surface area contributed by atoms with Gasteiger partial charge >= 0.3 is 0 Å². The van der Waals surface area contributed by atoms with Gasteiger partial charge in [0.05, 0.1) is 11.1 Å². The van der Waals surface area contributed by atoms with Gasteiger partial charge in [0.1, 0.15) is 12.4 Å². The number of hydrogen-bond donors (Lipinski definition) is 1. The molecule has 2 rings (SSSR count). The van der Waals surface area contributed by atoms with Crippen molar-refractivity contribution in [2.45, 2.75) is 13.2 Å². The zero-order chi connectivity index (χ0) is 11.4. The van der Waals surface area contributed by atoms with Crippen LogP contribution >= 0.6 is 27.3 Å². The van der Waals surface area contributed by atoms with Gasteiger partial charge in [-0.05, 0) is 56.0 Å². The highest BCUT2D eigenvalue weighted by molar-refractivity contribution is 9.10. The van der Waals surface area contributed by atoms with Crippen molar-refractivity contribution >= 4 is 27.3 Å². The van der Waals surface area contributed by atoms with Crippen molar-refractivity contribution in [2.24, 2.45) is 0 Å². The number of benzene rings is 1. The highest BCUT2D eigenvalue weighted by atomic mass is 79.9. The van der Waals surface area contributed by atoms with Crippen LogP contribution in [0.1, 0.15) is 11.1 Å². The Morgan fingerprint density at radius 2 is 2.12 bits per heavy atom. The van der Waals surface area contributed by atoms with Crippen molar-refractivity contribution < 1.29 is 9.84 Å². The van der Waals surface area contributed by atoms with Gasteiger partial charge in [-0.3, -0.25) is 0 Å². The SMILES string of the molecule is OCc1ccc(OCc2ccsc2)c(Br)c1. The molecule has 0 saturated heterocycles. The second kappa shape index (κ2) is 5.48. The molecule has 0 aliphatic rings. The first kappa shape index (κ1) is 11.6. The maximum Gasteiger partial charge on any atom is 0.134 e. The third-order valence-corrected chi connectivity index (χ3v) is 3.51. The standard InChI is InChI=1S/C12H11BrO2S/c13-11-5-9(6-14)1-2-12(11)15-7-10-3-4-16-8-10/h1-5,8,14H,6-7H2. The molecule has 2 aromatic rings. The highest BCUT2D eigenvalue weighted by Gasteiger charge is 2.03. The molecule has 1 aromatic heterocycles. The summed E-state index contributed by atoms with van der Waals surface area (Å²) in [6.45, 7) is 0.615. The van der Waals surface area contributed by atoms with Crippen LogP contribution in [0.15, 0.2) is 39.5 Å². The fourth-order valence-corrected chi connectivity index (χ4v) is 2.49. The monoisotopic (exact) mass is 298 g/mol. The third kappa shape index (κ3) is 2.84. The molecule has 4 heteroatoms. The van der Waals surface area contributed by atoms with Crippen LogP contribution in [0.3, 0.4) is 0 Å². The molecule has 1 heterocycles. The molecule has 0 aliphatic carbocycles. The second-order valence-corrected chi connectivity index (χ2v) is 4.98. The predicted molar refractivity (Wildman–Crippen MR) is 68.7 cm³/mol. The van der Waals surface area contributed by atoms with Crippen LogP contribution in [0, 0.1) is 0 Å². The summed E-state index contributed by atoms with van der Waals surface area (Å²) in [5.74, 6) is 0.795. The van der Waals surface area contributed by atoms with Gasteiger partial charge in [0.25, 0.3) is 0 Å². The first-order chi connectivity index (χ1) is 7.79. The van der Waals surface area contributed by atoms with Crippen molar-refractivity contribution in [2.75, 3.05) is 0 Å². The Morgan fingerprint density at radius 3 is 2.75 bits per heavy atom. The van der Waals surface area contributed by atoms with Crippen LogP contribution in [0.25, 0.3) is 0 Å². The zero-order valence-corrected chi connectivity index (χ0v) is 10.9. The molecule has 2 nitrogen and oxygen atoms in total. The number of rotatable bonds is 4. The average Bonchev–Trinajstić information content (AvgIpc) is 2.80. The minimum absolute atomic E-state index is 0.0451. The zero-order valence-electron chi connectivity index (χ0n) is 8.52. The topological polar surface area (TPSA) is 29.5 Å². The Hall–Kier alpha value is -0.840. The normalized spacial score (nSPS) is 10.4. The van der Waals surface area contributed by atoms with Gasteiger partial charge in [-0.25, -0.2) is 0 Å². The third-order valence-electron chi connectivity index (χ3n) is 2.15. The van der Waals surface area contributed by atoms with Gasteiger partial charge in [-0.2, -0.15) is 11.3 Å². The van der Waals surface area contributed by atoms with Crippen LogP contribution in [0.4, 0.5) is 0 Å². The Bertz CT molecular complexity index is 454. The minimum atomic E-state index is 0.0451. The molecule has 0 unspecified atom stereocenters. The summed E-state index contributed by atoms with van der Waals surface area (Å²) in [5, 5.41) is 13.1. The van der Waals surface area contributed by atoms with E-state index in [2.05, 4.69) is 21.3 Å². The van der Waals surface area contributed by atoms with E-state index >= 15 is 0 Å². The van der Waals surface area contributed by atoms with E-state index in [1.807, 2.05) is 29.6 Å². The number of aliphatic hydroxyl groups is 1. The van der Waals surface area contributed by atoms with Gasteiger partial charge in [-0.1, -0.05) is 6.07 Å². The fourth-order valence-electron chi connectivity index (χ4n) is 1.30. The summed E-state index contributed by atoms with van der Waals surface area (Å²) < 4.78 is 6.53. The van der Waals surface area contributed by atoms with E-state index < -0.39 is 0 Å². The Balaban J connectivity index is 2.04. The Labute approximate surface area is 107 Å². The molecule has 0 radical (unpaired) electrons. The lowest BCUT2D eigenvalue weighted by atomic mass is 10.2. The van der Waals surface area contributed by atoms with Crippen LogP contribution in [0.5, 0.6) is 5.75 Å². The van der Waals surface area contributed by atoms with Crippen LogP contribution in [-0.4, -0.2) is 5.11 Å². The lowest BCUT2D eigenvalue weighted by Crippen LogP contribution is -1.95. The molecule has 1 aromatic carbocycles. The number of ether oxygens (including phenoxy) is 1. The van der Waals surface area contributed by atoms with E-state index in [9.17, 15) is 0 Å². The summed E-state index contributed by atoms with van der Waals surface area (Å²) >= 11 is 5.08. The van der Waals surface area contributed by atoms with Crippen molar-refractivity contribution in [1.82, 2.24) is 0 Å². The van der Waals surface area contributed by atoms with Gasteiger partial charge in [0.2, 0.25) is 0 Å². The maximum absolute atomic E-state index is 8.97. The molecule has 0 spiro atoms. The minimum Gasteiger partial charge on any atom is -0.488 e. The van der Waals surface area contributed by atoms with E-state index in [-0.39, 0.29) is 6.61 Å². The van der Waals surface area contributed by atoms with E-state index in [1.165, 1.54) is 5.56 Å². The lowest BCUT2D eigenvalue weighted by molar-refractivity contribution is 0.280. The Morgan fingerprint density at radius 1 is 1.25 bits per heavy atom. The quantitative estimate of drug-likeness (QED) is 0.935. The molecule has 0 amide bonds. The number of aliphatic hydroxyl groups excluding tert-OH is 1. The van der Waals surface area contributed by atoms with Gasteiger partial charge < -0.3 is 9.84 Å². The second-order valence-electron chi connectivity index (χ2n) is 3.34. The summed E-state index contributed by atoms with van der Waals surface area (Å²) in [6, 6.07) is 7.62. The van der Waals surface area contributed by atoms with Crippen molar-refractivity contribution in [1.29, 1.82) is 0 Å². The molecule has 0 fully saturated rings. The fraction of sp³-hybridized carbons (Fsp3) is 0.167. The average molecular weight is 299 g/mol. The largest absolute Gasteiger partial charge is 0.488 e. The van der Waals surface area contributed by atoms with E-state index in [4.69, 9.17) is 9.84 Å². The summed E-state index contributed by atoms with van der Waals surface area (Å²) in [4.78, 5) is 0. The lowest BCUT2D eigenvalue weighted by Gasteiger charge is -2.08. The molecule has 0 aliphatic heterocycles. The molecule has 0 saturated carbocycles. The molecule has 1 N–H and O–H groups in total. The first-order valence-electron chi connectivity index (χ1n) is 4.83. The first-order valence-corrected chi connectivity index (χ1v) is 6.56. The van der Waals surface area contributed by atoms with E-state index in [0.29, 0.717) is 6.61 Å². The molecule has 0 bridgehead atoms. The van der Waals surface area contributed by atoms with Crippen molar-refractivity contribution in [3.8, 4) is 5.75 Å². The van der Waals surface area contributed by atoms with Crippen molar-refractivity contribution in [3.05, 3.63) is 50.6 Å². The van der Waals surface area contributed by atoms with Crippen LogP contribution in [-0.2, 0) is 13.2 Å². The summed E-state index contributed by atoms with van der Waals surface area (Å²) in [6.07, 6.45) is 0. The molecule has 84 valence electrons. The molecular formula is C12H11BrO2S. The number of hydrogen-bond acceptors (Lipinski definition) is 3. The number of halogens is 1. The molecule has 16 heavy (non-hydrogen) atoms. The molecule has 0 atom stereocenters. The Kier molecular flexibility index (Phi) is 3.98. The summed E-state index contributed by atoms with van der Waals surface area (Å²) in [5.41, 5.74) is 2.04. The smallest absolute Gasteiger partial charge is 0.134 e. The predicted octanol–water partition coefficient (Wildman–Crippen LogP) is 3.58. The van der Waals surface area contributed by atoms with Gasteiger partial charge in [0, 0.05) is 0 Å². The van der Waals surface area contributed by atoms with Crippen molar-refractivity contribution in [3.63, 3.8) is 0 Å². The van der Waals surface area contributed by atoms with E-state index in [0.717, 1.165) is 15.8 Å². The summed E-state index contributed by atoms with van der Waals surface area (Å²) in [7, 11) is 0. The van der Waals surface area contributed by atoms with Crippen LogP contribution in [0.2, 0.25) is 0 Å². The van der Waals surface area contributed by atoms with Crippen LogP contribution < -0.4 is 4.74 Å².